The fraction of sp³-hybridized carbons (Fsp3) is 0.571. The number of hydrogen-bond donors (Lipinski definition) is 0. The monoisotopic (exact) mass is 268 g/mol. The zero-order valence-electron chi connectivity index (χ0n) is 11.0. The van der Waals surface area contributed by atoms with Crippen LogP contribution in [0.15, 0.2) is 23.1 Å². The van der Waals surface area contributed by atoms with Gasteiger partial charge in [-0.3, -0.25) is 4.21 Å². The lowest BCUT2D eigenvalue weighted by molar-refractivity contribution is 0.354. The summed E-state index contributed by atoms with van der Waals surface area (Å²) >= 11 is 0. The fourth-order valence-corrected chi connectivity index (χ4v) is 3.86. The van der Waals surface area contributed by atoms with Crippen LogP contribution >= 0.6 is 0 Å². The van der Waals surface area contributed by atoms with Gasteiger partial charge < -0.3 is 9.47 Å². The minimum absolute atomic E-state index is 0.624. The van der Waals surface area contributed by atoms with Crippen LogP contribution in [0, 0.1) is 5.92 Å². The summed E-state index contributed by atoms with van der Waals surface area (Å²) < 4.78 is 22.7. The van der Waals surface area contributed by atoms with Crippen LogP contribution in [-0.4, -0.2) is 24.2 Å². The van der Waals surface area contributed by atoms with Crippen molar-refractivity contribution in [1.82, 2.24) is 0 Å². The quantitative estimate of drug-likeness (QED) is 0.823. The summed E-state index contributed by atoms with van der Waals surface area (Å²) in [4.78, 5) is 0.833. The molecule has 0 heterocycles. The van der Waals surface area contributed by atoms with Crippen LogP contribution in [-0.2, 0) is 10.8 Å². The van der Waals surface area contributed by atoms with E-state index in [1.54, 1.807) is 14.2 Å². The molecular weight excluding hydrogens is 248 g/mol. The molecule has 1 atom stereocenters. The second kappa shape index (κ2) is 6.23. The van der Waals surface area contributed by atoms with E-state index in [2.05, 4.69) is 0 Å². The Hall–Kier alpha value is -1.03. The van der Waals surface area contributed by atoms with Crippen molar-refractivity contribution in [2.75, 3.05) is 20.0 Å². The molecule has 18 heavy (non-hydrogen) atoms. The molecular formula is C14H20O3S. The SMILES string of the molecule is COc1ccc([S@](=O)CC2CCCC2)cc1OC. The first kappa shape index (κ1) is 13.4. The summed E-state index contributed by atoms with van der Waals surface area (Å²) in [5.74, 6) is 2.72. The third-order valence-electron chi connectivity index (χ3n) is 3.48. The molecule has 3 nitrogen and oxygen atoms in total. The molecule has 0 bridgehead atoms. The molecule has 1 aliphatic rings. The van der Waals surface area contributed by atoms with Crippen molar-refractivity contribution in [3.8, 4) is 11.5 Å². The second-order valence-electron chi connectivity index (χ2n) is 4.68. The largest absolute Gasteiger partial charge is 0.493 e. The lowest BCUT2D eigenvalue weighted by Gasteiger charge is -2.11. The van der Waals surface area contributed by atoms with Crippen LogP contribution in [0.2, 0.25) is 0 Å². The Labute approximate surface area is 111 Å². The van der Waals surface area contributed by atoms with Gasteiger partial charge in [0.05, 0.1) is 25.0 Å². The van der Waals surface area contributed by atoms with Crippen LogP contribution in [0.5, 0.6) is 11.5 Å². The summed E-state index contributed by atoms with van der Waals surface area (Å²) in [7, 11) is 2.27. The Morgan fingerprint density at radius 3 is 2.44 bits per heavy atom. The Morgan fingerprint density at radius 2 is 1.83 bits per heavy atom. The zero-order chi connectivity index (χ0) is 13.0. The molecule has 0 saturated heterocycles. The van der Waals surface area contributed by atoms with E-state index in [-0.39, 0.29) is 0 Å². The van der Waals surface area contributed by atoms with Gasteiger partial charge in [-0.25, -0.2) is 0 Å². The van der Waals surface area contributed by atoms with Gasteiger partial charge in [0.25, 0.3) is 0 Å². The number of methoxy groups -OCH3 is 2. The van der Waals surface area contributed by atoms with Crippen molar-refractivity contribution in [2.24, 2.45) is 5.92 Å². The molecule has 0 spiro atoms. The summed E-state index contributed by atoms with van der Waals surface area (Å²) in [6, 6.07) is 5.51. The third-order valence-corrected chi connectivity index (χ3v) is 5.03. The molecule has 1 saturated carbocycles. The highest BCUT2D eigenvalue weighted by molar-refractivity contribution is 7.85. The lowest BCUT2D eigenvalue weighted by Crippen LogP contribution is -2.08. The molecule has 0 aromatic heterocycles. The number of benzene rings is 1. The standard InChI is InChI=1S/C14H20O3S/c1-16-13-8-7-12(9-14(13)17-2)18(15)10-11-5-3-4-6-11/h7-9,11H,3-6,10H2,1-2H3/t18-/m1/s1. The topological polar surface area (TPSA) is 35.5 Å². The highest BCUT2D eigenvalue weighted by Gasteiger charge is 2.19. The number of rotatable bonds is 5. The molecule has 4 heteroatoms. The van der Waals surface area contributed by atoms with E-state index in [1.165, 1.54) is 25.7 Å². The normalized spacial score (nSPS) is 17.7. The molecule has 2 rings (SSSR count). The van der Waals surface area contributed by atoms with Crippen molar-refractivity contribution in [3.63, 3.8) is 0 Å². The molecule has 100 valence electrons. The molecule has 0 unspecified atom stereocenters. The van der Waals surface area contributed by atoms with Gasteiger partial charge in [-0.05, 0) is 30.9 Å². The van der Waals surface area contributed by atoms with Gasteiger partial charge in [0.15, 0.2) is 11.5 Å². The molecule has 1 aromatic carbocycles. The van der Waals surface area contributed by atoms with Crippen LogP contribution in [0.1, 0.15) is 25.7 Å². The molecule has 1 aliphatic carbocycles. The van der Waals surface area contributed by atoms with E-state index in [1.807, 2.05) is 18.2 Å². The first-order valence-electron chi connectivity index (χ1n) is 6.35. The molecule has 0 amide bonds. The van der Waals surface area contributed by atoms with Gasteiger partial charge >= 0.3 is 0 Å². The Kier molecular flexibility index (Phi) is 4.64. The molecule has 0 aliphatic heterocycles. The first-order chi connectivity index (χ1) is 8.74. The lowest BCUT2D eigenvalue weighted by atomic mass is 10.1. The first-order valence-corrected chi connectivity index (χ1v) is 7.67. The van der Waals surface area contributed by atoms with Crippen molar-refractivity contribution in [3.05, 3.63) is 18.2 Å². The van der Waals surface area contributed by atoms with Crippen molar-refractivity contribution < 1.29 is 13.7 Å². The summed E-state index contributed by atoms with van der Waals surface area (Å²) in [5, 5.41) is 0. The van der Waals surface area contributed by atoms with E-state index in [0.29, 0.717) is 17.4 Å². The molecule has 1 aromatic rings. The third kappa shape index (κ3) is 3.05. The van der Waals surface area contributed by atoms with E-state index >= 15 is 0 Å². The van der Waals surface area contributed by atoms with Gasteiger partial charge in [-0.1, -0.05) is 12.8 Å². The van der Waals surface area contributed by atoms with Crippen LogP contribution in [0.3, 0.4) is 0 Å². The average molecular weight is 268 g/mol. The highest BCUT2D eigenvalue weighted by atomic mass is 32.2. The smallest absolute Gasteiger partial charge is 0.161 e. The van der Waals surface area contributed by atoms with Crippen molar-refractivity contribution in [1.29, 1.82) is 0 Å². The van der Waals surface area contributed by atoms with Gasteiger partial charge in [-0.15, -0.1) is 0 Å². The van der Waals surface area contributed by atoms with E-state index in [4.69, 9.17) is 9.47 Å². The van der Waals surface area contributed by atoms with Crippen LogP contribution in [0.25, 0.3) is 0 Å². The predicted octanol–water partition coefficient (Wildman–Crippen LogP) is 3.00. The van der Waals surface area contributed by atoms with E-state index in [9.17, 15) is 4.21 Å². The Bertz CT molecular complexity index is 425. The molecule has 0 radical (unpaired) electrons. The second-order valence-corrected chi connectivity index (χ2v) is 6.18. The van der Waals surface area contributed by atoms with Crippen molar-refractivity contribution in [2.45, 2.75) is 30.6 Å². The van der Waals surface area contributed by atoms with Crippen LogP contribution < -0.4 is 9.47 Å². The number of ether oxygens (including phenoxy) is 2. The van der Waals surface area contributed by atoms with E-state index < -0.39 is 10.8 Å². The van der Waals surface area contributed by atoms with Crippen molar-refractivity contribution >= 4 is 10.8 Å². The van der Waals surface area contributed by atoms with Gasteiger partial charge in [0, 0.05) is 16.7 Å². The highest BCUT2D eigenvalue weighted by Crippen LogP contribution is 2.31. The number of hydrogen-bond acceptors (Lipinski definition) is 3. The minimum Gasteiger partial charge on any atom is -0.493 e. The minimum atomic E-state index is -0.931. The fourth-order valence-electron chi connectivity index (χ4n) is 2.45. The Morgan fingerprint density at radius 1 is 1.17 bits per heavy atom. The average Bonchev–Trinajstić information content (AvgIpc) is 2.90. The molecule has 1 fully saturated rings. The maximum atomic E-state index is 12.3. The molecule has 0 N–H and O–H groups in total. The van der Waals surface area contributed by atoms with E-state index in [0.717, 1.165) is 10.6 Å². The zero-order valence-corrected chi connectivity index (χ0v) is 11.8. The van der Waals surface area contributed by atoms with Gasteiger partial charge in [0.1, 0.15) is 0 Å². The summed E-state index contributed by atoms with van der Waals surface area (Å²) in [6.07, 6.45) is 5.01. The van der Waals surface area contributed by atoms with Gasteiger partial charge in [0.2, 0.25) is 0 Å². The van der Waals surface area contributed by atoms with Gasteiger partial charge in [-0.2, -0.15) is 0 Å². The predicted molar refractivity (Wildman–Crippen MR) is 72.8 cm³/mol. The summed E-state index contributed by atoms with van der Waals surface area (Å²) in [5.41, 5.74) is 0. The Balaban J connectivity index is 2.09. The summed E-state index contributed by atoms with van der Waals surface area (Å²) in [6.45, 7) is 0. The maximum Gasteiger partial charge on any atom is 0.161 e. The van der Waals surface area contributed by atoms with Crippen LogP contribution in [0.4, 0.5) is 0 Å². The maximum absolute atomic E-state index is 12.3.